The first kappa shape index (κ1) is 13.0. The maximum Gasteiger partial charge on any atom is 0.118 e. The molecule has 1 aromatic carbocycles. The van der Waals surface area contributed by atoms with Gasteiger partial charge in [0.1, 0.15) is 5.75 Å². The molecule has 1 aromatic rings. The Kier molecular flexibility index (Phi) is 5.25. The first-order valence-electron chi connectivity index (χ1n) is 5.38. The standard InChI is InChI=1S/C12H20N2O2/c1-14(7-8-15)12(9-13)10-3-5-11(16-2)6-4-10/h3-6,12,15H,7-9,13H2,1-2H3. The van der Waals surface area contributed by atoms with Crippen molar-refractivity contribution in [1.82, 2.24) is 4.90 Å². The van der Waals surface area contributed by atoms with Crippen LogP contribution in [0.15, 0.2) is 24.3 Å². The highest BCUT2D eigenvalue weighted by atomic mass is 16.5. The van der Waals surface area contributed by atoms with E-state index in [2.05, 4.69) is 0 Å². The van der Waals surface area contributed by atoms with E-state index in [-0.39, 0.29) is 12.6 Å². The summed E-state index contributed by atoms with van der Waals surface area (Å²) in [5.74, 6) is 0.837. The number of benzene rings is 1. The van der Waals surface area contributed by atoms with Crippen LogP contribution in [0.1, 0.15) is 11.6 Å². The van der Waals surface area contributed by atoms with Crippen LogP contribution in [0.4, 0.5) is 0 Å². The molecule has 0 amide bonds. The van der Waals surface area contributed by atoms with Gasteiger partial charge in [0.2, 0.25) is 0 Å². The Morgan fingerprint density at radius 3 is 2.44 bits per heavy atom. The van der Waals surface area contributed by atoms with E-state index in [1.54, 1.807) is 7.11 Å². The van der Waals surface area contributed by atoms with Crippen molar-refractivity contribution in [3.05, 3.63) is 29.8 Å². The van der Waals surface area contributed by atoms with Crippen molar-refractivity contribution in [2.75, 3.05) is 33.9 Å². The summed E-state index contributed by atoms with van der Waals surface area (Å²) in [6.45, 7) is 1.29. The summed E-state index contributed by atoms with van der Waals surface area (Å²) in [4.78, 5) is 2.04. The van der Waals surface area contributed by atoms with Gasteiger partial charge in [0.25, 0.3) is 0 Å². The number of rotatable bonds is 6. The molecule has 0 spiro atoms. The Balaban J connectivity index is 2.78. The Labute approximate surface area is 96.6 Å². The highest BCUT2D eigenvalue weighted by molar-refractivity contribution is 5.29. The zero-order valence-electron chi connectivity index (χ0n) is 9.89. The summed E-state index contributed by atoms with van der Waals surface area (Å²) in [7, 11) is 3.60. The maximum absolute atomic E-state index is 8.91. The average Bonchev–Trinajstić information content (AvgIpc) is 2.31. The topological polar surface area (TPSA) is 58.7 Å². The number of methoxy groups -OCH3 is 1. The van der Waals surface area contributed by atoms with Gasteiger partial charge >= 0.3 is 0 Å². The second-order valence-electron chi connectivity index (χ2n) is 3.73. The van der Waals surface area contributed by atoms with E-state index in [0.717, 1.165) is 11.3 Å². The van der Waals surface area contributed by atoms with Gasteiger partial charge in [-0.25, -0.2) is 0 Å². The Morgan fingerprint density at radius 2 is 2.00 bits per heavy atom. The van der Waals surface area contributed by atoms with Crippen LogP contribution in [0.2, 0.25) is 0 Å². The number of hydrogen-bond acceptors (Lipinski definition) is 4. The summed E-state index contributed by atoms with van der Waals surface area (Å²) >= 11 is 0. The van der Waals surface area contributed by atoms with Crippen LogP contribution in [-0.4, -0.2) is 43.9 Å². The molecule has 3 N–H and O–H groups in total. The maximum atomic E-state index is 8.91. The Hall–Kier alpha value is -1.10. The quantitative estimate of drug-likeness (QED) is 0.743. The lowest BCUT2D eigenvalue weighted by Gasteiger charge is -2.26. The molecule has 4 heteroatoms. The number of likely N-dealkylation sites (N-methyl/N-ethyl adjacent to an activating group) is 1. The van der Waals surface area contributed by atoms with Crippen molar-refractivity contribution in [3.8, 4) is 5.75 Å². The molecule has 0 fully saturated rings. The molecule has 0 aliphatic carbocycles. The molecule has 0 aliphatic rings. The minimum atomic E-state index is 0.137. The highest BCUT2D eigenvalue weighted by Gasteiger charge is 2.14. The summed E-state index contributed by atoms with van der Waals surface area (Å²) in [5.41, 5.74) is 6.89. The van der Waals surface area contributed by atoms with Crippen molar-refractivity contribution in [2.45, 2.75) is 6.04 Å². The second kappa shape index (κ2) is 6.48. The van der Waals surface area contributed by atoms with Gasteiger partial charge in [-0.2, -0.15) is 0 Å². The lowest BCUT2D eigenvalue weighted by molar-refractivity contribution is 0.183. The highest BCUT2D eigenvalue weighted by Crippen LogP contribution is 2.20. The number of aliphatic hydroxyl groups is 1. The van der Waals surface area contributed by atoms with E-state index < -0.39 is 0 Å². The van der Waals surface area contributed by atoms with Crippen LogP contribution in [0.25, 0.3) is 0 Å². The summed E-state index contributed by atoms with van der Waals surface area (Å²) < 4.78 is 5.11. The largest absolute Gasteiger partial charge is 0.497 e. The normalized spacial score (nSPS) is 12.8. The van der Waals surface area contributed by atoms with E-state index in [4.69, 9.17) is 15.6 Å². The van der Waals surface area contributed by atoms with E-state index in [9.17, 15) is 0 Å². The smallest absolute Gasteiger partial charge is 0.118 e. The van der Waals surface area contributed by atoms with Crippen LogP contribution >= 0.6 is 0 Å². The van der Waals surface area contributed by atoms with Crippen LogP contribution in [0, 0.1) is 0 Å². The monoisotopic (exact) mass is 224 g/mol. The third kappa shape index (κ3) is 3.20. The van der Waals surface area contributed by atoms with Crippen LogP contribution in [-0.2, 0) is 0 Å². The SMILES string of the molecule is COc1ccc(C(CN)N(C)CCO)cc1. The molecular formula is C12H20N2O2. The van der Waals surface area contributed by atoms with Gasteiger partial charge in [-0.3, -0.25) is 4.90 Å². The van der Waals surface area contributed by atoms with Gasteiger partial charge in [-0.15, -0.1) is 0 Å². The summed E-state index contributed by atoms with van der Waals surface area (Å²) in [6.07, 6.45) is 0. The number of aliphatic hydroxyl groups excluding tert-OH is 1. The molecular weight excluding hydrogens is 204 g/mol. The van der Waals surface area contributed by atoms with E-state index in [1.807, 2.05) is 36.2 Å². The molecule has 0 heterocycles. The molecule has 0 saturated heterocycles. The molecule has 4 nitrogen and oxygen atoms in total. The van der Waals surface area contributed by atoms with Crippen LogP contribution in [0.3, 0.4) is 0 Å². The number of nitrogens with two attached hydrogens (primary N) is 1. The van der Waals surface area contributed by atoms with Gasteiger partial charge in [0.15, 0.2) is 0 Å². The average molecular weight is 224 g/mol. The van der Waals surface area contributed by atoms with Gasteiger partial charge < -0.3 is 15.6 Å². The molecule has 1 rings (SSSR count). The first-order valence-corrected chi connectivity index (χ1v) is 5.38. The molecule has 0 saturated carbocycles. The number of nitrogens with zero attached hydrogens (tertiary/aromatic N) is 1. The Bertz CT molecular complexity index is 300. The zero-order valence-corrected chi connectivity index (χ0v) is 9.89. The zero-order chi connectivity index (χ0) is 12.0. The fourth-order valence-electron chi connectivity index (χ4n) is 1.71. The van der Waals surface area contributed by atoms with E-state index >= 15 is 0 Å². The molecule has 0 radical (unpaired) electrons. The second-order valence-corrected chi connectivity index (χ2v) is 3.73. The lowest BCUT2D eigenvalue weighted by Crippen LogP contribution is -2.32. The third-order valence-electron chi connectivity index (χ3n) is 2.71. The predicted octanol–water partition coefficient (Wildman–Crippen LogP) is 0.619. The van der Waals surface area contributed by atoms with Gasteiger partial charge in [0, 0.05) is 19.1 Å². The third-order valence-corrected chi connectivity index (χ3v) is 2.71. The molecule has 16 heavy (non-hydrogen) atoms. The van der Waals surface area contributed by atoms with Gasteiger partial charge in [-0.05, 0) is 24.7 Å². The van der Waals surface area contributed by atoms with Crippen molar-refractivity contribution in [1.29, 1.82) is 0 Å². The fraction of sp³-hybridized carbons (Fsp3) is 0.500. The van der Waals surface area contributed by atoms with Crippen molar-refractivity contribution < 1.29 is 9.84 Å². The minimum absolute atomic E-state index is 0.137. The Morgan fingerprint density at radius 1 is 1.38 bits per heavy atom. The molecule has 1 atom stereocenters. The predicted molar refractivity (Wildman–Crippen MR) is 64.5 cm³/mol. The van der Waals surface area contributed by atoms with Gasteiger partial charge in [-0.1, -0.05) is 12.1 Å². The van der Waals surface area contributed by atoms with Crippen molar-refractivity contribution in [3.63, 3.8) is 0 Å². The number of ether oxygens (including phenoxy) is 1. The number of hydrogen-bond donors (Lipinski definition) is 2. The fourth-order valence-corrected chi connectivity index (χ4v) is 1.71. The van der Waals surface area contributed by atoms with E-state index in [0.29, 0.717) is 13.1 Å². The van der Waals surface area contributed by atoms with Crippen LogP contribution < -0.4 is 10.5 Å². The van der Waals surface area contributed by atoms with Crippen LogP contribution in [0.5, 0.6) is 5.75 Å². The van der Waals surface area contributed by atoms with Gasteiger partial charge in [0.05, 0.1) is 13.7 Å². The molecule has 90 valence electrons. The first-order chi connectivity index (χ1) is 7.72. The molecule has 0 aliphatic heterocycles. The minimum Gasteiger partial charge on any atom is -0.497 e. The summed E-state index contributed by atoms with van der Waals surface area (Å²) in [5, 5.41) is 8.91. The van der Waals surface area contributed by atoms with Crippen molar-refractivity contribution >= 4 is 0 Å². The van der Waals surface area contributed by atoms with E-state index in [1.165, 1.54) is 0 Å². The van der Waals surface area contributed by atoms with Crippen molar-refractivity contribution in [2.24, 2.45) is 5.73 Å². The molecule has 0 bridgehead atoms. The lowest BCUT2D eigenvalue weighted by atomic mass is 10.1. The molecule has 0 aromatic heterocycles. The molecule has 1 unspecified atom stereocenters. The summed E-state index contributed by atoms with van der Waals surface area (Å²) in [6, 6.07) is 7.99.